The van der Waals surface area contributed by atoms with Crippen molar-refractivity contribution in [3.05, 3.63) is 65.9 Å². The van der Waals surface area contributed by atoms with Gasteiger partial charge in [-0.25, -0.2) is 13.6 Å². The first-order valence-corrected chi connectivity index (χ1v) is 8.72. The highest BCUT2D eigenvalue weighted by molar-refractivity contribution is 7.89. The number of amides is 1. The Kier molecular flexibility index (Phi) is 5.54. The Labute approximate surface area is 145 Å². The molecule has 0 atom stereocenters. The predicted molar refractivity (Wildman–Crippen MR) is 94.9 cm³/mol. The first kappa shape index (κ1) is 18.2. The van der Waals surface area contributed by atoms with E-state index in [2.05, 4.69) is 10.6 Å². The van der Waals surface area contributed by atoms with Crippen molar-refractivity contribution in [2.75, 3.05) is 10.6 Å². The topological polar surface area (TPSA) is 125 Å². The number of primary sulfonamides is 1. The van der Waals surface area contributed by atoms with Crippen LogP contribution in [0.5, 0.6) is 0 Å². The number of anilines is 2. The monoisotopic (exact) mass is 356 g/mol. The van der Waals surface area contributed by atoms with Crippen molar-refractivity contribution >= 4 is 27.3 Å². The lowest BCUT2D eigenvalue weighted by atomic mass is 10.2. The molecule has 0 fully saturated rings. The zero-order valence-corrected chi connectivity index (χ0v) is 14.2. The van der Waals surface area contributed by atoms with Gasteiger partial charge in [-0.05, 0) is 48.9 Å². The molecule has 0 saturated heterocycles. The van der Waals surface area contributed by atoms with Gasteiger partial charge < -0.3 is 10.6 Å². The first-order valence-electron chi connectivity index (χ1n) is 7.17. The Hall–Kier alpha value is -3.15. The van der Waals surface area contributed by atoms with Gasteiger partial charge >= 0.3 is 0 Å². The molecule has 128 valence electrons. The number of carbonyl (C=O) groups is 1. The molecule has 0 heterocycles. The lowest BCUT2D eigenvalue weighted by Gasteiger charge is -2.06. The van der Waals surface area contributed by atoms with E-state index in [1.165, 1.54) is 30.5 Å². The zero-order valence-electron chi connectivity index (χ0n) is 13.4. The molecule has 0 saturated carbocycles. The Balaban J connectivity index is 2.09. The molecule has 25 heavy (non-hydrogen) atoms. The van der Waals surface area contributed by atoms with E-state index in [4.69, 9.17) is 10.4 Å². The quantitative estimate of drug-likeness (QED) is 0.559. The summed E-state index contributed by atoms with van der Waals surface area (Å²) in [4.78, 5) is 12.1. The number of nitriles is 1. The minimum absolute atomic E-state index is 0.0670. The van der Waals surface area contributed by atoms with E-state index in [9.17, 15) is 13.2 Å². The van der Waals surface area contributed by atoms with E-state index in [1.807, 2.05) is 37.3 Å². The van der Waals surface area contributed by atoms with Crippen LogP contribution in [0.4, 0.5) is 11.4 Å². The number of hydrogen-bond acceptors (Lipinski definition) is 5. The van der Waals surface area contributed by atoms with Crippen LogP contribution in [-0.4, -0.2) is 14.3 Å². The summed E-state index contributed by atoms with van der Waals surface area (Å²) in [5.41, 5.74) is 2.00. The molecule has 4 N–H and O–H groups in total. The summed E-state index contributed by atoms with van der Waals surface area (Å²) in [5, 5.41) is 19.6. The SMILES string of the molecule is Cc1cccc(N/C=C(/C#N)C(=O)Nc2ccc(S(N)(=O)=O)cc2)c1. The second-order valence-electron chi connectivity index (χ2n) is 5.21. The van der Waals surface area contributed by atoms with Gasteiger partial charge in [0.1, 0.15) is 11.6 Å². The maximum Gasteiger partial charge on any atom is 0.267 e. The third kappa shape index (κ3) is 5.17. The number of carbonyl (C=O) groups excluding carboxylic acids is 1. The maximum absolute atomic E-state index is 12.1. The molecule has 0 unspecified atom stereocenters. The Bertz CT molecular complexity index is 958. The number of benzene rings is 2. The average molecular weight is 356 g/mol. The van der Waals surface area contributed by atoms with Crippen LogP contribution in [0.2, 0.25) is 0 Å². The number of hydrogen-bond donors (Lipinski definition) is 3. The fourth-order valence-corrected chi connectivity index (χ4v) is 2.48. The van der Waals surface area contributed by atoms with E-state index < -0.39 is 15.9 Å². The van der Waals surface area contributed by atoms with E-state index in [1.54, 1.807) is 0 Å². The van der Waals surface area contributed by atoms with Crippen molar-refractivity contribution in [1.82, 2.24) is 0 Å². The summed E-state index contributed by atoms with van der Waals surface area (Å²) < 4.78 is 22.4. The molecular weight excluding hydrogens is 340 g/mol. The Morgan fingerprint density at radius 1 is 1.16 bits per heavy atom. The maximum atomic E-state index is 12.1. The van der Waals surface area contributed by atoms with Crippen LogP contribution < -0.4 is 15.8 Å². The summed E-state index contributed by atoms with van der Waals surface area (Å²) >= 11 is 0. The largest absolute Gasteiger partial charge is 0.360 e. The molecule has 0 aliphatic heterocycles. The van der Waals surface area contributed by atoms with Crippen molar-refractivity contribution in [3.8, 4) is 6.07 Å². The standard InChI is InChI=1S/C17H16N4O3S/c1-12-3-2-4-15(9-12)20-11-13(10-18)17(22)21-14-5-7-16(8-6-14)25(19,23)24/h2-9,11,20H,1H3,(H,21,22)(H2,19,23,24)/b13-11-. The van der Waals surface area contributed by atoms with Gasteiger partial charge in [0.05, 0.1) is 4.90 Å². The van der Waals surface area contributed by atoms with Crippen molar-refractivity contribution < 1.29 is 13.2 Å². The molecule has 0 radical (unpaired) electrons. The van der Waals surface area contributed by atoms with Gasteiger partial charge in [-0.3, -0.25) is 4.79 Å². The summed E-state index contributed by atoms with van der Waals surface area (Å²) in [6, 6.07) is 14.6. The number of nitrogens with one attached hydrogen (secondary N) is 2. The highest BCUT2D eigenvalue weighted by Gasteiger charge is 2.11. The summed E-state index contributed by atoms with van der Waals surface area (Å²) in [5.74, 6) is -0.619. The smallest absolute Gasteiger partial charge is 0.267 e. The molecule has 0 spiro atoms. The highest BCUT2D eigenvalue weighted by atomic mass is 32.2. The van der Waals surface area contributed by atoms with Crippen LogP contribution in [0.1, 0.15) is 5.56 Å². The summed E-state index contributed by atoms with van der Waals surface area (Å²) in [7, 11) is -3.80. The van der Waals surface area contributed by atoms with Crippen LogP contribution >= 0.6 is 0 Å². The molecule has 2 rings (SSSR count). The second kappa shape index (κ2) is 7.61. The minimum atomic E-state index is -3.80. The predicted octanol–water partition coefficient (Wildman–Crippen LogP) is 2.10. The Morgan fingerprint density at radius 2 is 1.84 bits per heavy atom. The van der Waals surface area contributed by atoms with Gasteiger partial charge in [-0.15, -0.1) is 0 Å². The number of aryl methyl sites for hydroxylation is 1. The molecule has 0 aliphatic rings. The van der Waals surface area contributed by atoms with E-state index >= 15 is 0 Å². The van der Waals surface area contributed by atoms with Crippen LogP contribution in [0.25, 0.3) is 0 Å². The molecule has 0 aliphatic carbocycles. The van der Waals surface area contributed by atoms with E-state index in [0.717, 1.165) is 11.3 Å². The third-order valence-corrected chi connectivity index (χ3v) is 4.14. The van der Waals surface area contributed by atoms with Gasteiger partial charge in [0, 0.05) is 17.6 Å². The molecule has 7 nitrogen and oxygen atoms in total. The molecule has 8 heteroatoms. The summed E-state index contributed by atoms with van der Waals surface area (Å²) in [6.45, 7) is 1.93. The number of nitrogens with zero attached hydrogens (tertiary/aromatic N) is 1. The van der Waals surface area contributed by atoms with E-state index in [-0.39, 0.29) is 10.5 Å². The number of nitrogens with two attached hydrogens (primary N) is 1. The number of sulfonamides is 1. The van der Waals surface area contributed by atoms with Gasteiger partial charge in [-0.2, -0.15) is 5.26 Å². The van der Waals surface area contributed by atoms with Crippen molar-refractivity contribution in [2.24, 2.45) is 5.14 Å². The highest BCUT2D eigenvalue weighted by Crippen LogP contribution is 2.14. The van der Waals surface area contributed by atoms with Crippen LogP contribution in [0.3, 0.4) is 0 Å². The normalized spacial score (nSPS) is 11.5. The van der Waals surface area contributed by atoms with Crippen molar-refractivity contribution in [2.45, 2.75) is 11.8 Å². The molecule has 0 bridgehead atoms. The molecule has 2 aromatic rings. The Morgan fingerprint density at radius 3 is 2.40 bits per heavy atom. The first-order chi connectivity index (χ1) is 11.8. The fourth-order valence-electron chi connectivity index (χ4n) is 1.97. The fraction of sp³-hybridized carbons (Fsp3) is 0.0588. The van der Waals surface area contributed by atoms with Gasteiger partial charge in [-0.1, -0.05) is 12.1 Å². The van der Waals surface area contributed by atoms with E-state index in [0.29, 0.717) is 5.69 Å². The summed E-state index contributed by atoms with van der Waals surface area (Å²) in [6.07, 6.45) is 1.31. The molecule has 1 amide bonds. The van der Waals surface area contributed by atoms with Crippen molar-refractivity contribution in [1.29, 1.82) is 5.26 Å². The van der Waals surface area contributed by atoms with Gasteiger partial charge in [0.2, 0.25) is 10.0 Å². The van der Waals surface area contributed by atoms with Gasteiger partial charge in [0.25, 0.3) is 5.91 Å². The van der Waals surface area contributed by atoms with Crippen LogP contribution in [-0.2, 0) is 14.8 Å². The average Bonchev–Trinajstić information content (AvgIpc) is 2.55. The van der Waals surface area contributed by atoms with Gasteiger partial charge in [0.15, 0.2) is 0 Å². The molecular formula is C17H16N4O3S. The second-order valence-corrected chi connectivity index (χ2v) is 6.77. The van der Waals surface area contributed by atoms with Crippen molar-refractivity contribution in [3.63, 3.8) is 0 Å². The minimum Gasteiger partial charge on any atom is -0.360 e. The van der Waals surface area contributed by atoms with Crippen LogP contribution in [0, 0.1) is 18.3 Å². The third-order valence-electron chi connectivity index (χ3n) is 3.21. The molecule has 2 aromatic carbocycles. The van der Waals surface area contributed by atoms with Crippen LogP contribution in [0.15, 0.2) is 65.2 Å². The zero-order chi connectivity index (χ0) is 18.4. The lowest BCUT2D eigenvalue weighted by Crippen LogP contribution is -2.15. The lowest BCUT2D eigenvalue weighted by molar-refractivity contribution is -0.112. The number of rotatable bonds is 5. The molecule has 0 aromatic heterocycles.